The van der Waals surface area contributed by atoms with Gasteiger partial charge in [0, 0.05) is 18.0 Å². The molecule has 1 unspecified atom stereocenters. The number of ether oxygens (including phenoxy) is 1. The lowest BCUT2D eigenvalue weighted by Gasteiger charge is -2.36. The molecule has 2 nitrogen and oxygen atoms in total. The molecule has 104 valence electrons. The van der Waals surface area contributed by atoms with Crippen molar-refractivity contribution in [1.82, 2.24) is 0 Å². The maximum atomic E-state index is 6.30. The lowest BCUT2D eigenvalue weighted by atomic mass is 9.89. The molecule has 0 radical (unpaired) electrons. The second-order valence-corrected chi connectivity index (χ2v) is 6.21. The average molecular weight is 267 g/mol. The van der Waals surface area contributed by atoms with E-state index in [1.807, 2.05) is 6.07 Å². The van der Waals surface area contributed by atoms with Crippen LogP contribution in [0.1, 0.15) is 43.0 Å². The summed E-state index contributed by atoms with van der Waals surface area (Å²) in [6.45, 7) is 4.18. The minimum absolute atomic E-state index is 0.0597. The Morgan fingerprint density at radius 3 is 2.60 bits per heavy atom. The van der Waals surface area contributed by atoms with Crippen molar-refractivity contribution in [2.75, 3.05) is 0 Å². The summed E-state index contributed by atoms with van der Waals surface area (Å²) in [5.74, 6) is 0.936. The highest BCUT2D eigenvalue weighted by atomic mass is 16.5. The van der Waals surface area contributed by atoms with Crippen LogP contribution in [-0.4, -0.2) is 5.60 Å². The van der Waals surface area contributed by atoms with Crippen LogP contribution in [0.2, 0.25) is 0 Å². The van der Waals surface area contributed by atoms with Gasteiger partial charge in [-0.2, -0.15) is 0 Å². The van der Waals surface area contributed by atoms with Gasteiger partial charge in [-0.25, -0.2) is 0 Å². The van der Waals surface area contributed by atoms with Gasteiger partial charge in [-0.05, 0) is 37.5 Å². The van der Waals surface area contributed by atoms with Crippen LogP contribution >= 0.6 is 0 Å². The predicted octanol–water partition coefficient (Wildman–Crippen LogP) is 3.84. The van der Waals surface area contributed by atoms with E-state index in [1.54, 1.807) is 0 Å². The number of hydrogen-bond acceptors (Lipinski definition) is 2. The van der Waals surface area contributed by atoms with E-state index in [9.17, 15) is 0 Å². The van der Waals surface area contributed by atoms with Gasteiger partial charge in [-0.1, -0.05) is 42.5 Å². The summed E-state index contributed by atoms with van der Waals surface area (Å²) in [7, 11) is 0. The molecule has 2 aromatic rings. The van der Waals surface area contributed by atoms with Crippen molar-refractivity contribution in [3.63, 3.8) is 0 Å². The van der Waals surface area contributed by atoms with Crippen molar-refractivity contribution >= 4 is 0 Å². The first-order chi connectivity index (χ1) is 9.53. The summed E-state index contributed by atoms with van der Waals surface area (Å²) in [6, 6.07) is 17.0. The molecule has 2 heteroatoms. The van der Waals surface area contributed by atoms with Crippen LogP contribution in [0.5, 0.6) is 5.75 Å². The first-order valence-corrected chi connectivity index (χ1v) is 7.15. The highest BCUT2D eigenvalue weighted by molar-refractivity contribution is 5.43. The third-order valence-electron chi connectivity index (χ3n) is 3.82. The SMILES string of the molecule is CC1(C)CC(N)c2cc(Cc3ccccc3)ccc2O1. The Kier molecular flexibility index (Phi) is 3.27. The van der Waals surface area contributed by atoms with Crippen molar-refractivity contribution in [2.24, 2.45) is 5.73 Å². The van der Waals surface area contributed by atoms with Crippen molar-refractivity contribution in [3.05, 3.63) is 65.2 Å². The summed E-state index contributed by atoms with van der Waals surface area (Å²) in [6.07, 6.45) is 1.79. The van der Waals surface area contributed by atoms with Crippen LogP contribution < -0.4 is 10.5 Å². The zero-order chi connectivity index (χ0) is 14.2. The van der Waals surface area contributed by atoms with Gasteiger partial charge in [0.25, 0.3) is 0 Å². The van der Waals surface area contributed by atoms with Crippen LogP contribution in [0.4, 0.5) is 0 Å². The number of nitrogens with two attached hydrogens (primary N) is 1. The molecular formula is C18H21NO. The molecule has 0 bridgehead atoms. The highest BCUT2D eigenvalue weighted by Crippen LogP contribution is 2.38. The minimum atomic E-state index is -0.173. The molecule has 3 rings (SSSR count). The minimum Gasteiger partial charge on any atom is -0.487 e. The Morgan fingerprint density at radius 2 is 1.85 bits per heavy atom. The Balaban J connectivity index is 1.88. The van der Waals surface area contributed by atoms with Gasteiger partial charge in [-0.3, -0.25) is 0 Å². The fourth-order valence-electron chi connectivity index (χ4n) is 2.90. The van der Waals surface area contributed by atoms with E-state index in [1.165, 1.54) is 11.1 Å². The lowest BCUT2D eigenvalue weighted by Crippen LogP contribution is -2.37. The van der Waals surface area contributed by atoms with Crippen molar-refractivity contribution < 1.29 is 4.74 Å². The molecule has 1 aliphatic heterocycles. The number of fused-ring (bicyclic) bond motifs is 1. The molecule has 0 amide bonds. The maximum absolute atomic E-state index is 6.30. The van der Waals surface area contributed by atoms with Gasteiger partial charge in [0.15, 0.2) is 0 Å². The van der Waals surface area contributed by atoms with Crippen LogP contribution in [0.3, 0.4) is 0 Å². The summed E-state index contributed by atoms with van der Waals surface area (Å²) in [5.41, 5.74) is 9.87. The van der Waals surface area contributed by atoms with E-state index >= 15 is 0 Å². The van der Waals surface area contributed by atoms with E-state index in [0.29, 0.717) is 0 Å². The third kappa shape index (κ3) is 2.70. The Labute approximate surface area is 120 Å². The van der Waals surface area contributed by atoms with E-state index in [2.05, 4.69) is 56.3 Å². The van der Waals surface area contributed by atoms with Crippen LogP contribution in [0, 0.1) is 0 Å². The standard InChI is InChI=1S/C18H21NO/c1-18(2)12-16(19)15-11-14(8-9-17(15)20-18)10-13-6-4-3-5-7-13/h3-9,11,16H,10,12,19H2,1-2H3. The Morgan fingerprint density at radius 1 is 1.10 bits per heavy atom. The molecule has 0 saturated carbocycles. The average Bonchev–Trinajstić information content (AvgIpc) is 2.40. The zero-order valence-corrected chi connectivity index (χ0v) is 12.1. The van der Waals surface area contributed by atoms with Gasteiger partial charge in [0.05, 0.1) is 0 Å². The molecular weight excluding hydrogens is 246 g/mol. The molecule has 2 aromatic carbocycles. The first-order valence-electron chi connectivity index (χ1n) is 7.15. The van der Waals surface area contributed by atoms with E-state index in [0.717, 1.165) is 24.2 Å². The monoisotopic (exact) mass is 267 g/mol. The molecule has 0 aliphatic carbocycles. The van der Waals surface area contributed by atoms with Crippen LogP contribution in [0.25, 0.3) is 0 Å². The van der Waals surface area contributed by atoms with Gasteiger partial charge in [-0.15, -0.1) is 0 Å². The van der Waals surface area contributed by atoms with Crippen molar-refractivity contribution in [2.45, 2.75) is 38.3 Å². The maximum Gasteiger partial charge on any atom is 0.124 e. The molecule has 1 heterocycles. The molecule has 0 aromatic heterocycles. The summed E-state index contributed by atoms with van der Waals surface area (Å²) in [4.78, 5) is 0. The van der Waals surface area contributed by atoms with Gasteiger partial charge < -0.3 is 10.5 Å². The molecule has 1 atom stereocenters. The Hall–Kier alpha value is -1.80. The molecule has 0 fully saturated rings. The van der Waals surface area contributed by atoms with Crippen molar-refractivity contribution in [3.8, 4) is 5.75 Å². The fourth-order valence-corrected chi connectivity index (χ4v) is 2.90. The number of rotatable bonds is 2. The van der Waals surface area contributed by atoms with E-state index in [4.69, 9.17) is 10.5 Å². The third-order valence-corrected chi connectivity index (χ3v) is 3.82. The van der Waals surface area contributed by atoms with Crippen LogP contribution in [-0.2, 0) is 6.42 Å². The molecule has 0 saturated heterocycles. The molecule has 2 N–H and O–H groups in total. The summed E-state index contributed by atoms with van der Waals surface area (Å²) < 4.78 is 6.01. The van der Waals surface area contributed by atoms with Gasteiger partial charge in [0.1, 0.15) is 11.4 Å². The second-order valence-electron chi connectivity index (χ2n) is 6.21. The lowest BCUT2D eigenvalue weighted by molar-refractivity contribution is 0.0728. The topological polar surface area (TPSA) is 35.2 Å². The molecule has 20 heavy (non-hydrogen) atoms. The zero-order valence-electron chi connectivity index (χ0n) is 12.1. The van der Waals surface area contributed by atoms with E-state index < -0.39 is 0 Å². The number of benzene rings is 2. The number of hydrogen-bond donors (Lipinski definition) is 1. The molecule has 1 aliphatic rings. The largest absolute Gasteiger partial charge is 0.487 e. The summed E-state index contributed by atoms with van der Waals surface area (Å²) in [5, 5.41) is 0. The normalized spacial score (nSPS) is 20.1. The fraction of sp³-hybridized carbons (Fsp3) is 0.333. The first kappa shape index (κ1) is 13.2. The van der Waals surface area contributed by atoms with Gasteiger partial charge >= 0.3 is 0 Å². The highest BCUT2D eigenvalue weighted by Gasteiger charge is 2.31. The predicted molar refractivity (Wildman–Crippen MR) is 81.9 cm³/mol. The second kappa shape index (κ2) is 4.95. The molecule has 0 spiro atoms. The summed E-state index contributed by atoms with van der Waals surface area (Å²) >= 11 is 0. The van der Waals surface area contributed by atoms with Crippen LogP contribution in [0.15, 0.2) is 48.5 Å². The smallest absolute Gasteiger partial charge is 0.124 e. The van der Waals surface area contributed by atoms with E-state index in [-0.39, 0.29) is 11.6 Å². The quantitative estimate of drug-likeness (QED) is 0.897. The Bertz CT molecular complexity index is 604. The van der Waals surface area contributed by atoms with Gasteiger partial charge in [0.2, 0.25) is 0 Å². The van der Waals surface area contributed by atoms with Crippen molar-refractivity contribution in [1.29, 1.82) is 0 Å².